The number of carboxylic acid groups (broad SMARTS) is 1. The van der Waals surface area contributed by atoms with E-state index in [1.807, 2.05) is 30.3 Å². The number of nitrogens with zero attached hydrogens (tertiary/aromatic N) is 1. The molecule has 0 bridgehead atoms. The third-order valence-electron chi connectivity index (χ3n) is 5.51. The minimum Gasteiger partial charge on any atom is -0.477 e. The molecule has 0 saturated carbocycles. The van der Waals surface area contributed by atoms with Gasteiger partial charge in [0.25, 0.3) is 5.91 Å². The first-order valence-corrected chi connectivity index (χ1v) is 11.4. The zero-order valence-corrected chi connectivity index (χ0v) is 18.6. The number of amides is 2. The van der Waals surface area contributed by atoms with Crippen molar-refractivity contribution in [3.05, 3.63) is 83.1 Å². The number of carboxylic acids is 1. The van der Waals surface area contributed by atoms with Crippen molar-refractivity contribution in [1.82, 2.24) is 10.2 Å². The minimum atomic E-state index is -1.26. The molecule has 9 heteroatoms. The maximum absolute atomic E-state index is 13.2. The number of fused-ring (bicyclic) bond motifs is 1. The van der Waals surface area contributed by atoms with E-state index in [2.05, 4.69) is 5.32 Å². The molecule has 2 aromatic carbocycles. The number of benzene rings is 2. The van der Waals surface area contributed by atoms with E-state index in [1.54, 1.807) is 37.3 Å². The second-order valence-electron chi connectivity index (χ2n) is 7.77. The number of hydrogen-bond acceptors (Lipinski definition) is 6. The third-order valence-corrected chi connectivity index (χ3v) is 6.94. The number of nitrogens with one attached hydrogen (secondary N) is 1. The minimum absolute atomic E-state index is 0.0109. The highest BCUT2D eigenvalue weighted by atomic mass is 32.2. The molecule has 2 aromatic rings. The molecule has 2 aliphatic heterocycles. The highest BCUT2D eigenvalue weighted by Gasteiger charge is 2.54. The molecule has 3 atom stereocenters. The lowest BCUT2D eigenvalue weighted by atomic mass is 9.96. The number of hydrogen-bond donors (Lipinski definition) is 2. The van der Waals surface area contributed by atoms with Gasteiger partial charge < -0.3 is 15.2 Å². The molecule has 0 spiro atoms. The molecule has 4 rings (SSSR count). The predicted molar refractivity (Wildman–Crippen MR) is 121 cm³/mol. The molecule has 0 aromatic heterocycles. The fourth-order valence-corrected chi connectivity index (χ4v) is 5.16. The molecular weight excluding hydrogens is 444 g/mol. The Hall–Kier alpha value is -3.59. The Bertz CT molecular complexity index is 1120. The zero-order chi connectivity index (χ0) is 23.5. The van der Waals surface area contributed by atoms with Crippen LogP contribution < -0.4 is 5.32 Å². The zero-order valence-electron chi connectivity index (χ0n) is 17.8. The van der Waals surface area contributed by atoms with Crippen molar-refractivity contribution in [2.45, 2.75) is 30.9 Å². The second kappa shape index (κ2) is 9.50. The van der Waals surface area contributed by atoms with E-state index in [-0.39, 0.29) is 12.3 Å². The molecule has 2 aliphatic rings. The summed E-state index contributed by atoms with van der Waals surface area (Å²) >= 11 is 1.37. The standard InChI is InChI=1S/C24H22N2O6S/c1-14-13-33-22-18(21(28)26(22)19(14)23(29)30)25-20(27)17(16-10-6-3-7-11-16)24(31)32-12-15-8-4-2-5-9-15/h2-11,17-18,22H,12-13H2,1H3,(H,25,27)(H,29,30)/t17?,18?,22-/m1/s1. The highest BCUT2D eigenvalue weighted by molar-refractivity contribution is 8.00. The Labute approximate surface area is 194 Å². The van der Waals surface area contributed by atoms with Crippen LogP contribution in [0.5, 0.6) is 0 Å². The third kappa shape index (κ3) is 4.49. The van der Waals surface area contributed by atoms with Gasteiger partial charge in [0.2, 0.25) is 5.91 Å². The summed E-state index contributed by atoms with van der Waals surface area (Å²) in [6.45, 7) is 1.68. The maximum atomic E-state index is 13.2. The number of esters is 1. The lowest BCUT2D eigenvalue weighted by molar-refractivity contribution is -0.154. The molecule has 33 heavy (non-hydrogen) atoms. The van der Waals surface area contributed by atoms with Gasteiger partial charge in [-0.05, 0) is 23.6 Å². The van der Waals surface area contributed by atoms with Crippen LogP contribution in [0.4, 0.5) is 0 Å². The first kappa shape index (κ1) is 22.6. The molecule has 8 nitrogen and oxygen atoms in total. The number of β-lactam (4-membered cyclic amide) rings is 1. The smallest absolute Gasteiger partial charge is 0.352 e. The molecule has 0 radical (unpaired) electrons. The van der Waals surface area contributed by atoms with E-state index in [0.717, 1.165) is 5.56 Å². The van der Waals surface area contributed by atoms with Gasteiger partial charge in [-0.1, -0.05) is 60.7 Å². The van der Waals surface area contributed by atoms with E-state index in [9.17, 15) is 24.3 Å². The molecule has 2 unspecified atom stereocenters. The number of aliphatic carboxylic acids is 1. The van der Waals surface area contributed by atoms with Crippen molar-refractivity contribution < 1.29 is 29.0 Å². The van der Waals surface area contributed by atoms with E-state index in [4.69, 9.17) is 4.74 Å². The summed E-state index contributed by atoms with van der Waals surface area (Å²) in [5.74, 6) is -3.92. The second-order valence-corrected chi connectivity index (χ2v) is 8.87. The van der Waals surface area contributed by atoms with Crippen LogP contribution in [-0.2, 0) is 30.5 Å². The summed E-state index contributed by atoms with van der Waals surface area (Å²) in [5.41, 5.74) is 1.77. The van der Waals surface area contributed by atoms with E-state index < -0.39 is 41.1 Å². The number of carbonyl (C=O) groups is 4. The van der Waals surface area contributed by atoms with Gasteiger partial charge in [0.05, 0.1) is 0 Å². The Morgan fingerprint density at radius 3 is 2.39 bits per heavy atom. The summed E-state index contributed by atoms with van der Waals surface area (Å²) in [5, 5.41) is 11.6. The molecular formula is C24H22N2O6S. The van der Waals surface area contributed by atoms with Gasteiger partial charge in [0.1, 0.15) is 23.7 Å². The van der Waals surface area contributed by atoms with Crippen LogP contribution >= 0.6 is 11.8 Å². The predicted octanol–water partition coefficient (Wildman–Crippen LogP) is 2.27. The Morgan fingerprint density at radius 2 is 1.76 bits per heavy atom. The van der Waals surface area contributed by atoms with Crippen LogP contribution in [0.25, 0.3) is 0 Å². The molecule has 2 amide bonds. The summed E-state index contributed by atoms with van der Waals surface area (Å²) in [6.07, 6.45) is 0. The van der Waals surface area contributed by atoms with E-state index >= 15 is 0 Å². The quantitative estimate of drug-likeness (QED) is 0.366. The van der Waals surface area contributed by atoms with Crippen molar-refractivity contribution >= 4 is 35.5 Å². The Kier molecular flexibility index (Phi) is 6.50. The number of rotatable bonds is 7. The average molecular weight is 467 g/mol. The lowest BCUT2D eigenvalue weighted by Crippen LogP contribution is -2.71. The first-order valence-electron chi connectivity index (χ1n) is 10.3. The summed E-state index contributed by atoms with van der Waals surface area (Å²) in [4.78, 5) is 51.6. The Balaban J connectivity index is 1.50. The summed E-state index contributed by atoms with van der Waals surface area (Å²) < 4.78 is 5.41. The van der Waals surface area contributed by atoms with Gasteiger partial charge in [-0.2, -0.15) is 0 Å². The largest absolute Gasteiger partial charge is 0.477 e. The maximum Gasteiger partial charge on any atom is 0.352 e. The first-order chi connectivity index (χ1) is 15.9. The van der Waals surface area contributed by atoms with Gasteiger partial charge in [0.15, 0.2) is 5.92 Å². The number of carbonyl (C=O) groups excluding carboxylic acids is 3. The van der Waals surface area contributed by atoms with E-state index in [1.165, 1.54) is 16.7 Å². The molecule has 2 N–H and O–H groups in total. The van der Waals surface area contributed by atoms with Crippen LogP contribution in [-0.4, -0.2) is 50.9 Å². The van der Waals surface area contributed by atoms with E-state index in [0.29, 0.717) is 16.9 Å². The van der Waals surface area contributed by atoms with Crippen molar-refractivity contribution in [2.75, 3.05) is 5.75 Å². The van der Waals surface area contributed by atoms with Crippen molar-refractivity contribution in [2.24, 2.45) is 0 Å². The summed E-state index contributed by atoms with van der Waals surface area (Å²) in [7, 11) is 0. The topological polar surface area (TPSA) is 113 Å². The monoisotopic (exact) mass is 466 g/mol. The Morgan fingerprint density at radius 1 is 1.12 bits per heavy atom. The fraction of sp³-hybridized carbons (Fsp3) is 0.250. The van der Waals surface area contributed by atoms with Gasteiger partial charge in [-0.15, -0.1) is 11.8 Å². The normalized spacial score (nSPS) is 20.4. The van der Waals surface area contributed by atoms with Crippen molar-refractivity contribution in [3.8, 4) is 0 Å². The molecule has 0 aliphatic carbocycles. The number of thioether (sulfide) groups is 1. The van der Waals surface area contributed by atoms with Crippen LogP contribution in [0.15, 0.2) is 71.9 Å². The van der Waals surface area contributed by atoms with Crippen LogP contribution in [0.3, 0.4) is 0 Å². The van der Waals surface area contributed by atoms with Crippen LogP contribution in [0, 0.1) is 0 Å². The average Bonchev–Trinajstić information content (AvgIpc) is 2.82. The van der Waals surface area contributed by atoms with Gasteiger partial charge in [-0.25, -0.2) is 4.79 Å². The lowest BCUT2D eigenvalue weighted by Gasteiger charge is -2.49. The van der Waals surface area contributed by atoms with Crippen LogP contribution in [0.2, 0.25) is 0 Å². The molecule has 1 fully saturated rings. The number of ether oxygens (including phenoxy) is 1. The van der Waals surface area contributed by atoms with Crippen molar-refractivity contribution in [1.29, 1.82) is 0 Å². The molecule has 170 valence electrons. The van der Waals surface area contributed by atoms with Gasteiger partial charge >= 0.3 is 11.9 Å². The van der Waals surface area contributed by atoms with Crippen molar-refractivity contribution in [3.63, 3.8) is 0 Å². The fourth-order valence-electron chi connectivity index (χ4n) is 3.86. The molecule has 1 saturated heterocycles. The van der Waals surface area contributed by atoms with Gasteiger partial charge in [-0.3, -0.25) is 19.3 Å². The highest BCUT2D eigenvalue weighted by Crippen LogP contribution is 2.40. The van der Waals surface area contributed by atoms with Crippen LogP contribution in [0.1, 0.15) is 24.0 Å². The van der Waals surface area contributed by atoms with Gasteiger partial charge in [0, 0.05) is 5.75 Å². The molecule has 2 heterocycles. The SMILES string of the molecule is CC1=C(C(=O)O)N2C(=O)C(NC(=O)C(C(=O)OCc3ccccc3)c3ccccc3)[C@H]2SC1. The summed E-state index contributed by atoms with van der Waals surface area (Å²) in [6, 6.07) is 16.7.